The molecule has 94 valence electrons. The highest BCUT2D eigenvalue weighted by Gasteiger charge is 2.05. The lowest BCUT2D eigenvalue weighted by molar-refractivity contribution is -0.146. The van der Waals surface area contributed by atoms with Gasteiger partial charge in [-0.05, 0) is 31.2 Å². The van der Waals surface area contributed by atoms with Crippen molar-refractivity contribution in [3.05, 3.63) is 24.3 Å². The van der Waals surface area contributed by atoms with Crippen LogP contribution in [0.4, 0.5) is 5.69 Å². The molecule has 0 aliphatic carbocycles. The molecule has 0 aliphatic rings. The Balaban J connectivity index is 2.21. The molecule has 0 heterocycles. The van der Waals surface area contributed by atoms with Crippen molar-refractivity contribution in [2.24, 2.45) is 0 Å². The van der Waals surface area contributed by atoms with Gasteiger partial charge in [-0.3, -0.25) is 0 Å². The smallest absolute Gasteiger partial charge is 0.344 e. The molecule has 0 aromatic heterocycles. The summed E-state index contributed by atoms with van der Waals surface area (Å²) in [5.41, 5.74) is 6.14. The Labute approximate surface area is 100 Å². The Morgan fingerprint density at radius 2 is 2.06 bits per heavy atom. The lowest BCUT2D eigenvalue weighted by atomic mass is 10.3. The Hall–Kier alpha value is -1.75. The number of rotatable bonds is 6. The Bertz CT molecular complexity index is 348. The zero-order chi connectivity index (χ0) is 12.7. The molecule has 0 amide bonds. The summed E-state index contributed by atoms with van der Waals surface area (Å²) in [6, 6.07) is 6.74. The molecule has 0 aliphatic heterocycles. The van der Waals surface area contributed by atoms with Gasteiger partial charge in [0, 0.05) is 12.1 Å². The van der Waals surface area contributed by atoms with Gasteiger partial charge in [-0.15, -0.1) is 0 Å². The number of carbonyl (C=O) groups excluding carboxylic acids is 1. The number of carbonyl (C=O) groups is 1. The average Bonchev–Trinajstić information content (AvgIpc) is 2.28. The van der Waals surface area contributed by atoms with E-state index in [-0.39, 0.29) is 13.2 Å². The van der Waals surface area contributed by atoms with E-state index < -0.39 is 12.1 Å². The molecule has 1 atom stereocenters. The first-order valence-electron chi connectivity index (χ1n) is 5.40. The van der Waals surface area contributed by atoms with Crippen molar-refractivity contribution < 1.29 is 19.4 Å². The normalized spacial score (nSPS) is 11.9. The van der Waals surface area contributed by atoms with E-state index in [1.54, 1.807) is 31.2 Å². The summed E-state index contributed by atoms with van der Waals surface area (Å²) < 4.78 is 10.0. The molecule has 1 unspecified atom stereocenters. The minimum Gasteiger partial charge on any atom is -0.482 e. The first-order chi connectivity index (χ1) is 8.08. The van der Waals surface area contributed by atoms with Crippen molar-refractivity contribution in [3.8, 4) is 5.75 Å². The lowest BCUT2D eigenvalue weighted by Crippen LogP contribution is -2.17. The summed E-state index contributed by atoms with van der Waals surface area (Å²) in [7, 11) is 0. The second-order valence-electron chi connectivity index (χ2n) is 3.72. The third-order valence-corrected chi connectivity index (χ3v) is 2.04. The van der Waals surface area contributed by atoms with E-state index in [1.165, 1.54) is 0 Å². The molecular weight excluding hydrogens is 222 g/mol. The fourth-order valence-electron chi connectivity index (χ4n) is 1.09. The zero-order valence-corrected chi connectivity index (χ0v) is 9.76. The number of benzene rings is 1. The number of ether oxygens (including phenoxy) is 2. The summed E-state index contributed by atoms with van der Waals surface area (Å²) in [5.74, 6) is 0.106. The van der Waals surface area contributed by atoms with E-state index in [4.69, 9.17) is 20.3 Å². The molecule has 0 fully saturated rings. The van der Waals surface area contributed by atoms with Gasteiger partial charge in [0.1, 0.15) is 5.75 Å². The van der Waals surface area contributed by atoms with Crippen LogP contribution in [0.2, 0.25) is 0 Å². The number of aliphatic hydroxyl groups excluding tert-OH is 1. The molecular formula is C12H17NO4. The highest BCUT2D eigenvalue weighted by atomic mass is 16.6. The van der Waals surface area contributed by atoms with Gasteiger partial charge in [0.15, 0.2) is 6.61 Å². The second-order valence-corrected chi connectivity index (χ2v) is 3.72. The van der Waals surface area contributed by atoms with Gasteiger partial charge in [-0.1, -0.05) is 0 Å². The minimum atomic E-state index is -0.471. The largest absolute Gasteiger partial charge is 0.482 e. The van der Waals surface area contributed by atoms with E-state index in [9.17, 15) is 4.79 Å². The highest BCUT2D eigenvalue weighted by molar-refractivity contribution is 5.71. The van der Waals surface area contributed by atoms with Crippen LogP contribution in [0.3, 0.4) is 0 Å². The summed E-state index contributed by atoms with van der Waals surface area (Å²) in [4.78, 5) is 11.2. The van der Waals surface area contributed by atoms with Gasteiger partial charge in [0.25, 0.3) is 0 Å². The van der Waals surface area contributed by atoms with Crippen LogP contribution < -0.4 is 10.5 Å². The van der Waals surface area contributed by atoms with E-state index in [2.05, 4.69) is 0 Å². The summed E-state index contributed by atoms with van der Waals surface area (Å²) >= 11 is 0. The predicted molar refractivity (Wildman–Crippen MR) is 63.6 cm³/mol. The quantitative estimate of drug-likeness (QED) is 0.571. The van der Waals surface area contributed by atoms with E-state index >= 15 is 0 Å². The van der Waals surface area contributed by atoms with Gasteiger partial charge in [0.05, 0.1) is 12.7 Å². The average molecular weight is 239 g/mol. The third kappa shape index (κ3) is 5.77. The Morgan fingerprint density at radius 3 is 2.65 bits per heavy atom. The number of esters is 1. The van der Waals surface area contributed by atoms with Crippen LogP contribution in [0, 0.1) is 0 Å². The second kappa shape index (κ2) is 6.75. The molecule has 5 heteroatoms. The number of aliphatic hydroxyl groups is 1. The Kier molecular flexibility index (Phi) is 5.29. The number of nitrogens with two attached hydrogens (primary N) is 1. The molecule has 0 bridgehead atoms. The number of hydrogen-bond acceptors (Lipinski definition) is 5. The number of hydrogen-bond donors (Lipinski definition) is 2. The zero-order valence-electron chi connectivity index (χ0n) is 9.76. The van der Waals surface area contributed by atoms with Crippen molar-refractivity contribution in [2.75, 3.05) is 18.9 Å². The number of nitrogen functional groups attached to an aromatic ring is 1. The molecule has 5 nitrogen and oxygen atoms in total. The molecule has 3 N–H and O–H groups in total. The summed E-state index contributed by atoms with van der Waals surface area (Å²) in [6.07, 6.45) is -0.0472. The van der Waals surface area contributed by atoms with Gasteiger partial charge in [-0.2, -0.15) is 0 Å². The molecule has 1 rings (SSSR count). The molecule has 0 spiro atoms. The van der Waals surface area contributed by atoms with Gasteiger partial charge < -0.3 is 20.3 Å². The van der Waals surface area contributed by atoms with Crippen molar-refractivity contribution in [3.63, 3.8) is 0 Å². The van der Waals surface area contributed by atoms with Crippen LogP contribution in [0.15, 0.2) is 24.3 Å². The maximum Gasteiger partial charge on any atom is 0.344 e. The number of anilines is 1. The fraction of sp³-hybridized carbons (Fsp3) is 0.417. The van der Waals surface area contributed by atoms with Crippen LogP contribution >= 0.6 is 0 Å². The maximum absolute atomic E-state index is 11.2. The van der Waals surface area contributed by atoms with Crippen LogP contribution in [0.5, 0.6) is 5.75 Å². The minimum absolute atomic E-state index is 0.149. The molecule has 0 radical (unpaired) electrons. The van der Waals surface area contributed by atoms with E-state index in [1.807, 2.05) is 0 Å². The third-order valence-electron chi connectivity index (χ3n) is 2.04. The fourth-order valence-corrected chi connectivity index (χ4v) is 1.09. The van der Waals surface area contributed by atoms with E-state index in [0.29, 0.717) is 17.9 Å². The topological polar surface area (TPSA) is 81.8 Å². The SMILES string of the molecule is CC(O)CCOC(=O)COc1ccc(N)cc1. The first-order valence-corrected chi connectivity index (χ1v) is 5.40. The monoisotopic (exact) mass is 239 g/mol. The van der Waals surface area contributed by atoms with Gasteiger partial charge in [0.2, 0.25) is 0 Å². The molecule has 0 saturated carbocycles. The van der Waals surface area contributed by atoms with Gasteiger partial charge >= 0.3 is 5.97 Å². The highest BCUT2D eigenvalue weighted by Crippen LogP contribution is 2.12. The summed E-state index contributed by atoms with van der Waals surface area (Å²) in [5, 5.41) is 8.96. The standard InChI is InChI=1S/C12H17NO4/c1-9(14)6-7-16-12(15)8-17-11-4-2-10(13)3-5-11/h2-5,9,14H,6-8,13H2,1H3. The van der Waals surface area contributed by atoms with Gasteiger partial charge in [-0.25, -0.2) is 4.79 Å². The maximum atomic E-state index is 11.2. The van der Waals surface area contributed by atoms with Crippen molar-refractivity contribution in [1.29, 1.82) is 0 Å². The predicted octanol–water partition coefficient (Wildman–Crippen LogP) is 0.962. The summed E-state index contributed by atoms with van der Waals surface area (Å²) in [6.45, 7) is 1.68. The van der Waals surface area contributed by atoms with Crippen LogP contribution in [-0.4, -0.2) is 30.4 Å². The van der Waals surface area contributed by atoms with Crippen molar-refractivity contribution in [2.45, 2.75) is 19.4 Å². The van der Waals surface area contributed by atoms with Crippen molar-refractivity contribution >= 4 is 11.7 Å². The van der Waals surface area contributed by atoms with Crippen molar-refractivity contribution in [1.82, 2.24) is 0 Å². The molecule has 1 aromatic carbocycles. The lowest BCUT2D eigenvalue weighted by Gasteiger charge is -2.08. The van der Waals surface area contributed by atoms with E-state index in [0.717, 1.165) is 0 Å². The van der Waals surface area contributed by atoms with Crippen LogP contribution in [-0.2, 0) is 9.53 Å². The molecule has 0 saturated heterocycles. The first kappa shape index (κ1) is 13.3. The molecule has 1 aromatic rings. The van der Waals surface area contributed by atoms with Crippen LogP contribution in [0.25, 0.3) is 0 Å². The Morgan fingerprint density at radius 1 is 1.41 bits per heavy atom. The van der Waals surface area contributed by atoms with Crippen LogP contribution in [0.1, 0.15) is 13.3 Å². The molecule has 17 heavy (non-hydrogen) atoms.